The Balaban J connectivity index is 1.57. The second-order valence-corrected chi connectivity index (χ2v) is 6.84. The van der Waals surface area contributed by atoms with Gasteiger partial charge in [-0.2, -0.15) is 4.68 Å². The molecule has 1 N–H and O–H groups in total. The number of tetrazole rings is 1. The Labute approximate surface area is 140 Å². The van der Waals surface area contributed by atoms with Crippen LogP contribution in [0.5, 0.6) is 0 Å². The van der Waals surface area contributed by atoms with Crippen LogP contribution in [0.2, 0.25) is 0 Å². The molecular formula is C16H21N5OS. The van der Waals surface area contributed by atoms with Crippen molar-refractivity contribution in [2.45, 2.75) is 50.2 Å². The summed E-state index contributed by atoms with van der Waals surface area (Å²) in [6, 6.07) is 8.31. The van der Waals surface area contributed by atoms with Gasteiger partial charge in [0, 0.05) is 6.04 Å². The van der Waals surface area contributed by atoms with Crippen LogP contribution in [-0.4, -0.2) is 37.9 Å². The van der Waals surface area contributed by atoms with Crippen LogP contribution in [0.25, 0.3) is 5.69 Å². The summed E-state index contributed by atoms with van der Waals surface area (Å²) in [5, 5.41) is 15.5. The number of hydrogen-bond acceptors (Lipinski definition) is 5. The molecule has 1 heterocycles. The van der Waals surface area contributed by atoms with E-state index in [-0.39, 0.29) is 5.91 Å². The molecule has 1 aromatic heterocycles. The second-order valence-electron chi connectivity index (χ2n) is 5.90. The van der Waals surface area contributed by atoms with Crippen LogP contribution < -0.4 is 5.32 Å². The van der Waals surface area contributed by atoms with E-state index in [2.05, 4.69) is 20.8 Å². The third-order valence-corrected chi connectivity index (χ3v) is 4.94. The number of amides is 1. The minimum atomic E-state index is 0.0559. The fourth-order valence-electron chi connectivity index (χ4n) is 2.76. The summed E-state index contributed by atoms with van der Waals surface area (Å²) in [7, 11) is 0. The molecule has 7 heteroatoms. The second kappa shape index (κ2) is 7.59. The van der Waals surface area contributed by atoms with Crippen molar-refractivity contribution in [2.75, 3.05) is 5.75 Å². The van der Waals surface area contributed by atoms with Crippen LogP contribution in [0.3, 0.4) is 0 Å². The molecule has 0 saturated heterocycles. The van der Waals surface area contributed by atoms with E-state index >= 15 is 0 Å². The fourth-order valence-corrected chi connectivity index (χ4v) is 3.47. The zero-order valence-electron chi connectivity index (χ0n) is 13.2. The predicted molar refractivity (Wildman–Crippen MR) is 89.6 cm³/mol. The molecule has 0 atom stereocenters. The lowest BCUT2D eigenvalue weighted by molar-refractivity contribution is -0.119. The lowest BCUT2D eigenvalue weighted by Gasteiger charge is -2.22. The van der Waals surface area contributed by atoms with Crippen LogP contribution in [0.15, 0.2) is 29.4 Å². The molecule has 0 spiro atoms. The van der Waals surface area contributed by atoms with Gasteiger partial charge in [0.15, 0.2) is 0 Å². The highest BCUT2D eigenvalue weighted by Crippen LogP contribution is 2.20. The van der Waals surface area contributed by atoms with E-state index in [1.165, 1.54) is 36.6 Å². The number of aryl methyl sites for hydroxylation is 1. The fraction of sp³-hybridized carbons (Fsp3) is 0.500. The van der Waals surface area contributed by atoms with Crippen molar-refractivity contribution < 1.29 is 4.79 Å². The number of nitrogens with one attached hydrogen (secondary N) is 1. The molecule has 0 unspecified atom stereocenters. The van der Waals surface area contributed by atoms with Gasteiger partial charge in [0.25, 0.3) is 0 Å². The van der Waals surface area contributed by atoms with Crippen molar-refractivity contribution in [1.29, 1.82) is 0 Å². The average molecular weight is 331 g/mol. The first kappa shape index (κ1) is 16.0. The molecule has 0 bridgehead atoms. The molecule has 3 rings (SSSR count). The van der Waals surface area contributed by atoms with Crippen LogP contribution in [0, 0.1) is 6.92 Å². The molecule has 2 aromatic rings. The van der Waals surface area contributed by atoms with Gasteiger partial charge in [-0.05, 0) is 42.3 Å². The molecule has 0 radical (unpaired) electrons. The van der Waals surface area contributed by atoms with E-state index in [4.69, 9.17) is 0 Å². The van der Waals surface area contributed by atoms with Crippen molar-refractivity contribution in [2.24, 2.45) is 0 Å². The first-order chi connectivity index (χ1) is 11.2. The Kier molecular flexibility index (Phi) is 5.27. The Morgan fingerprint density at radius 2 is 2.00 bits per heavy atom. The molecule has 6 nitrogen and oxygen atoms in total. The van der Waals surface area contributed by atoms with Crippen molar-refractivity contribution in [1.82, 2.24) is 25.5 Å². The lowest BCUT2D eigenvalue weighted by Crippen LogP contribution is -2.37. The molecule has 1 aliphatic rings. The number of benzene rings is 1. The van der Waals surface area contributed by atoms with Crippen LogP contribution in [0.1, 0.15) is 37.7 Å². The largest absolute Gasteiger partial charge is 0.353 e. The summed E-state index contributed by atoms with van der Waals surface area (Å²) in [6.45, 7) is 2.04. The maximum Gasteiger partial charge on any atom is 0.230 e. The van der Waals surface area contributed by atoms with E-state index in [0.717, 1.165) is 18.5 Å². The highest BCUT2D eigenvalue weighted by molar-refractivity contribution is 7.99. The lowest BCUT2D eigenvalue weighted by atomic mass is 9.95. The van der Waals surface area contributed by atoms with Gasteiger partial charge in [0.1, 0.15) is 0 Å². The molecule has 1 aromatic carbocycles. The van der Waals surface area contributed by atoms with Gasteiger partial charge in [-0.3, -0.25) is 4.79 Å². The van der Waals surface area contributed by atoms with Gasteiger partial charge < -0.3 is 5.32 Å². The van der Waals surface area contributed by atoms with E-state index in [1.54, 1.807) is 4.68 Å². The minimum absolute atomic E-state index is 0.0559. The molecule has 122 valence electrons. The summed E-state index contributed by atoms with van der Waals surface area (Å²) in [4.78, 5) is 12.1. The van der Waals surface area contributed by atoms with Crippen LogP contribution in [0.4, 0.5) is 0 Å². The predicted octanol–water partition coefficient (Wildman–Crippen LogP) is 2.51. The van der Waals surface area contributed by atoms with Crippen molar-refractivity contribution in [3.05, 3.63) is 29.8 Å². The Morgan fingerprint density at radius 1 is 1.26 bits per heavy atom. The van der Waals surface area contributed by atoms with Gasteiger partial charge in [0.05, 0.1) is 11.4 Å². The summed E-state index contributed by atoms with van der Waals surface area (Å²) in [5.74, 6) is 0.392. The minimum Gasteiger partial charge on any atom is -0.353 e. The Hall–Kier alpha value is -1.89. The smallest absolute Gasteiger partial charge is 0.230 e. The van der Waals surface area contributed by atoms with E-state index < -0.39 is 0 Å². The number of carbonyl (C=O) groups excluding carboxylic acids is 1. The van der Waals surface area contributed by atoms with Gasteiger partial charge >= 0.3 is 0 Å². The van der Waals surface area contributed by atoms with Crippen LogP contribution >= 0.6 is 11.8 Å². The number of carbonyl (C=O) groups is 1. The normalized spacial score (nSPS) is 15.5. The summed E-state index contributed by atoms with van der Waals surface area (Å²) < 4.78 is 1.66. The zero-order valence-corrected chi connectivity index (χ0v) is 14.1. The van der Waals surface area contributed by atoms with Crippen molar-refractivity contribution in [3.8, 4) is 5.69 Å². The van der Waals surface area contributed by atoms with Crippen LogP contribution in [-0.2, 0) is 4.79 Å². The summed E-state index contributed by atoms with van der Waals surface area (Å²) >= 11 is 1.36. The van der Waals surface area contributed by atoms with E-state index in [1.807, 2.05) is 31.2 Å². The van der Waals surface area contributed by atoms with Crippen molar-refractivity contribution in [3.63, 3.8) is 0 Å². The number of rotatable bonds is 5. The third-order valence-electron chi connectivity index (χ3n) is 4.02. The highest BCUT2D eigenvalue weighted by Gasteiger charge is 2.17. The highest BCUT2D eigenvalue weighted by atomic mass is 32.2. The van der Waals surface area contributed by atoms with Crippen molar-refractivity contribution >= 4 is 17.7 Å². The topological polar surface area (TPSA) is 72.7 Å². The molecule has 1 amide bonds. The number of thioether (sulfide) groups is 1. The standard InChI is InChI=1S/C16H21N5OS/c1-12-7-9-14(10-8-12)21-16(18-19-20-21)23-11-15(22)17-13-5-3-2-4-6-13/h7-10,13H,2-6,11H2,1H3,(H,17,22). The molecule has 1 fully saturated rings. The van der Waals surface area contributed by atoms with E-state index in [0.29, 0.717) is 17.0 Å². The Morgan fingerprint density at radius 3 is 2.74 bits per heavy atom. The third kappa shape index (κ3) is 4.31. The maximum absolute atomic E-state index is 12.1. The molecule has 0 aliphatic heterocycles. The molecule has 23 heavy (non-hydrogen) atoms. The first-order valence-corrected chi connectivity index (χ1v) is 8.98. The van der Waals surface area contributed by atoms with Gasteiger partial charge in [-0.1, -0.05) is 48.7 Å². The maximum atomic E-state index is 12.1. The number of hydrogen-bond donors (Lipinski definition) is 1. The molecule has 1 saturated carbocycles. The molecular weight excluding hydrogens is 310 g/mol. The average Bonchev–Trinajstić information content (AvgIpc) is 3.03. The number of aromatic nitrogens is 4. The quantitative estimate of drug-likeness (QED) is 0.852. The SMILES string of the molecule is Cc1ccc(-n2nnnc2SCC(=O)NC2CCCCC2)cc1. The first-order valence-electron chi connectivity index (χ1n) is 8.00. The summed E-state index contributed by atoms with van der Waals surface area (Å²) in [6.07, 6.45) is 5.90. The Bertz CT molecular complexity index is 649. The van der Waals surface area contributed by atoms with Gasteiger partial charge in [0.2, 0.25) is 11.1 Å². The molecule has 1 aliphatic carbocycles. The number of nitrogens with zero attached hydrogens (tertiary/aromatic N) is 4. The zero-order chi connectivity index (χ0) is 16.1. The van der Waals surface area contributed by atoms with Gasteiger partial charge in [-0.15, -0.1) is 5.10 Å². The monoisotopic (exact) mass is 331 g/mol. The summed E-state index contributed by atoms with van der Waals surface area (Å²) in [5.41, 5.74) is 2.08. The van der Waals surface area contributed by atoms with E-state index in [9.17, 15) is 4.79 Å². The van der Waals surface area contributed by atoms with Gasteiger partial charge in [-0.25, -0.2) is 0 Å².